The summed E-state index contributed by atoms with van der Waals surface area (Å²) in [6.07, 6.45) is 2.32. The highest BCUT2D eigenvalue weighted by atomic mass is 79.9. The number of benzene rings is 2. The van der Waals surface area contributed by atoms with Gasteiger partial charge in [0.15, 0.2) is 0 Å². The lowest BCUT2D eigenvalue weighted by Crippen LogP contribution is -2.17. The number of hydrogen-bond donors (Lipinski definition) is 2. The molecule has 144 valence electrons. The predicted octanol–water partition coefficient (Wildman–Crippen LogP) is 4.91. The molecule has 2 aromatic carbocycles. The minimum absolute atomic E-state index is 0.104. The molecule has 0 spiro atoms. The van der Waals surface area contributed by atoms with E-state index in [2.05, 4.69) is 31.4 Å². The molecule has 8 heteroatoms. The van der Waals surface area contributed by atoms with Crippen molar-refractivity contribution in [3.8, 4) is 11.5 Å². The van der Waals surface area contributed by atoms with Crippen LogP contribution in [-0.2, 0) is 0 Å². The molecule has 3 rings (SSSR count). The van der Waals surface area contributed by atoms with Crippen LogP contribution in [-0.4, -0.2) is 28.8 Å². The first-order valence-corrected chi connectivity index (χ1v) is 9.70. The summed E-state index contributed by atoms with van der Waals surface area (Å²) in [5.74, 6) is 0.0656. The topological polar surface area (TPSA) is 83.8 Å². The van der Waals surface area contributed by atoms with Crippen molar-refractivity contribution in [2.75, 3.05) is 6.61 Å². The second kappa shape index (κ2) is 9.03. The average Bonchev–Trinajstić information content (AvgIpc) is 2.68. The van der Waals surface area contributed by atoms with Crippen molar-refractivity contribution in [3.63, 3.8) is 0 Å². The molecule has 0 unspecified atom stereocenters. The van der Waals surface area contributed by atoms with Gasteiger partial charge in [0.25, 0.3) is 5.91 Å². The van der Waals surface area contributed by atoms with Crippen molar-refractivity contribution in [3.05, 3.63) is 63.2 Å². The number of phenols is 1. The summed E-state index contributed by atoms with van der Waals surface area (Å²) in [6.45, 7) is 2.68. The highest BCUT2D eigenvalue weighted by Crippen LogP contribution is 2.24. The van der Waals surface area contributed by atoms with Gasteiger partial charge < -0.3 is 9.84 Å². The van der Waals surface area contributed by atoms with Gasteiger partial charge >= 0.3 is 0 Å². The van der Waals surface area contributed by atoms with Gasteiger partial charge in [-0.25, -0.2) is 10.4 Å². The van der Waals surface area contributed by atoms with Gasteiger partial charge in [0.1, 0.15) is 16.7 Å². The Morgan fingerprint density at radius 2 is 2.14 bits per heavy atom. The van der Waals surface area contributed by atoms with E-state index in [1.54, 1.807) is 6.07 Å². The third-order valence-corrected chi connectivity index (χ3v) is 4.61. The zero-order valence-corrected chi connectivity index (χ0v) is 17.3. The van der Waals surface area contributed by atoms with Gasteiger partial charge in [0.05, 0.1) is 23.9 Å². The van der Waals surface area contributed by atoms with Crippen LogP contribution in [0.3, 0.4) is 0 Å². The van der Waals surface area contributed by atoms with E-state index in [1.807, 2.05) is 31.2 Å². The number of carbonyl (C=O) groups excluding carboxylic acids is 1. The number of rotatable bonds is 6. The largest absolute Gasteiger partial charge is 0.507 e. The highest BCUT2D eigenvalue weighted by Gasteiger charge is 2.11. The lowest BCUT2D eigenvalue weighted by atomic mass is 10.1. The number of halogens is 2. The van der Waals surface area contributed by atoms with Crippen molar-refractivity contribution in [1.82, 2.24) is 10.4 Å². The van der Waals surface area contributed by atoms with Crippen LogP contribution >= 0.6 is 27.5 Å². The normalized spacial score (nSPS) is 11.1. The van der Waals surface area contributed by atoms with Gasteiger partial charge in [-0.05, 0) is 48.9 Å². The summed E-state index contributed by atoms with van der Waals surface area (Å²) in [7, 11) is 0. The monoisotopic (exact) mass is 461 g/mol. The number of aromatic hydroxyl groups is 1. The molecule has 0 fully saturated rings. The number of pyridine rings is 1. The van der Waals surface area contributed by atoms with E-state index in [0.717, 1.165) is 23.1 Å². The minimum Gasteiger partial charge on any atom is -0.507 e. The Morgan fingerprint density at radius 3 is 2.93 bits per heavy atom. The first-order valence-electron chi connectivity index (χ1n) is 8.53. The number of phenolic OH excluding ortho intramolecular Hbond substituents is 1. The molecule has 1 aromatic heterocycles. The van der Waals surface area contributed by atoms with Crippen LogP contribution in [0.2, 0.25) is 5.15 Å². The fourth-order valence-electron chi connectivity index (χ4n) is 2.46. The Morgan fingerprint density at radius 1 is 1.32 bits per heavy atom. The van der Waals surface area contributed by atoms with E-state index in [0.29, 0.717) is 16.6 Å². The number of fused-ring (bicyclic) bond motifs is 1. The molecule has 0 saturated heterocycles. The summed E-state index contributed by atoms with van der Waals surface area (Å²) < 4.78 is 6.31. The quantitative estimate of drug-likeness (QED) is 0.310. The lowest BCUT2D eigenvalue weighted by molar-refractivity contribution is 0.0952. The Labute approximate surface area is 175 Å². The van der Waals surface area contributed by atoms with Crippen molar-refractivity contribution >= 4 is 50.6 Å². The Hall–Kier alpha value is -2.64. The van der Waals surface area contributed by atoms with Crippen LogP contribution < -0.4 is 10.2 Å². The second-order valence-electron chi connectivity index (χ2n) is 5.93. The first kappa shape index (κ1) is 20.1. The number of carbonyl (C=O) groups is 1. The summed E-state index contributed by atoms with van der Waals surface area (Å²) in [5, 5.41) is 14.8. The fraction of sp³-hybridized carbons (Fsp3) is 0.150. The summed E-state index contributed by atoms with van der Waals surface area (Å²) in [4.78, 5) is 16.5. The third-order valence-electron chi connectivity index (χ3n) is 3.81. The number of ether oxygens (including phenoxy) is 1. The zero-order chi connectivity index (χ0) is 20.1. The molecule has 0 aliphatic heterocycles. The Kier molecular flexibility index (Phi) is 6.49. The van der Waals surface area contributed by atoms with Gasteiger partial charge in [-0.1, -0.05) is 34.5 Å². The fourth-order valence-corrected chi connectivity index (χ4v) is 3.01. The number of nitrogens with one attached hydrogen (secondary N) is 1. The standard InChI is InChI=1S/C20H17BrClN3O3/c1-2-7-28-15-4-5-17-12(9-15)8-13(19(22)24-17)11-23-25-20(27)16-10-14(21)3-6-18(16)26/h3-6,8-11,26H,2,7H2,1H3,(H,25,27)/b23-11-. The lowest BCUT2D eigenvalue weighted by Gasteiger charge is -2.07. The smallest absolute Gasteiger partial charge is 0.275 e. The Bertz CT molecular complexity index is 1060. The van der Waals surface area contributed by atoms with Crippen molar-refractivity contribution < 1.29 is 14.6 Å². The summed E-state index contributed by atoms with van der Waals surface area (Å²) >= 11 is 9.47. The molecule has 6 nitrogen and oxygen atoms in total. The number of aromatic nitrogens is 1. The van der Waals surface area contributed by atoms with E-state index in [4.69, 9.17) is 16.3 Å². The number of hydrazone groups is 1. The summed E-state index contributed by atoms with van der Waals surface area (Å²) in [6, 6.07) is 11.9. The molecule has 1 heterocycles. The van der Waals surface area contributed by atoms with E-state index in [9.17, 15) is 9.90 Å². The van der Waals surface area contributed by atoms with Crippen molar-refractivity contribution in [2.45, 2.75) is 13.3 Å². The van der Waals surface area contributed by atoms with Gasteiger partial charge in [-0.3, -0.25) is 4.79 Å². The molecular weight excluding hydrogens is 446 g/mol. The molecule has 0 bridgehead atoms. The summed E-state index contributed by atoms with van der Waals surface area (Å²) in [5.41, 5.74) is 3.75. The van der Waals surface area contributed by atoms with Gasteiger partial charge in [-0.2, -0.15) is 5.10 Å². The van der Waals surface area contributed by atoms with Crippen LogP contribution in [0.4, 0.5) is 0 Å². The van der Waals surface area contributed by atoms with E-state index >= 15 is 0 Å². The van der Waals surface area contributed by atoms with Crippen LogP contribution in [0.15, 0.2) is 52.0 Å². The number of amides is 1. The Balaban J connectivity index is 1.79. The third kappa shape index (κ3) is 4.79. The van der Waals surface area contributed by atoms with E-state index in [1.165, 1.54) is 18.3 Å². The molecule has 0 atom stereocenters. The number of hydrogen-bond acceptors (Lipinski definition) is 5. The number of nitrogens with zero attached hydrogens (tertiary/aromatic N) is 2. The zero-order valence-electron chi connectivity index (χ0n) is 14.9. The maximum absolute atomic E-state index is 12.2. The molecule has 3 aromatic rings. The van der Waals surface area contributed by atoms with Crippen LogP contribution in [0, 0.1) is 0 Å². The van der Waals surface area contributed by atoms with Gasteiger partial charge in [0.2, 0.25) is 0 Å². The van der Waals surface area contributed by atoms with Crippen molar-refractivity contribution in [2.24, 2.45) is 5.10 Å². The second-order valence-corrected chi connectivity index (χ2v) is 7.21. The molecule has 0 saturated carbocycles. The first-order chi connectivity index (χ1) is 13.5. The predicted molar refractivity (Wildman–Crippen MR) is 113 cm³/mol. The van der Waals surface area contributed by atoms with E-state index in [-0.39, 0.29) is 16.5 Å². The minimum atomic E-state index is -0.546. The van der Waals surface area contributed by atoms with Crippen molar-refractivity contribution in [1.29, 1.82) is 0 Å². The van der Waals surface area contributed by atoms with E-state index < -0.39 is 5.91 Å². The highest BCUT2D eigenvalue weighted by molar-refractivity contribution is 9.10. The molecule has 0 aliphatic rings. The average molecular weight is 463 g/mol. The molecule has 0 aliphatic carbocycles. The molecular formula is C20H17BrClN3O3. The van der Waals surface area contributed by atoms with Crippen LogP contribution in [0.5, 0.6) is 11.5 Å². The van der Waals surface area contributed by atoms with Crippen LogP contribution in [0.25, 0.3) is 10.9 Å². The maximum Gasteiger partial charge on any atom is 0.275 e. The maximum atomic E-state index is 12.2. The van der Waals surface area contributed by atoms with Gasteiger partial charge in [-0.15, -0.1) is 0 Å². The SMILES string of the molecule is CCCOc1ccc2nc(Cl)c(/C=N\NC(=O)c3cc(Br)ccc3O)cc2c1. The molecule has 0 radical (unpaired) electrons. The molecule has 28 heavy (non-hydrogen) atoms. The molecule has 2 N–H and O–H groups in total. The van der Waals surface area contributed by atoms with Crippen LogP contribution in [0.1, 0.15) is 29.3 Å². The van der Waals surface area contributed by atoms with Gasteiger partial charge in [0, 0.05) is 15.4 Å². The molecule has 1 amide bonds.